The van der Waals surface area contributed by atoms with E-state index in [1.165, 1.54) is 0 Å². The van der Waals surface area contributed by atoms with Crippen LogP contribution < -0.4 is 10.5 Å². The van der Waals surface area contributed by atoms with Crippen molar-refractivity contribution in [1.29, 1.82) is 0 Å². The summed E-state index contributed by atoms with van der Waals surface area (Å²) >= 11 is 0. The summed E-state index contributed by atoms with van der Waals surface area (Å²) < 4.78 is 8.02. The molecule has 4 nitrogen and oxygen atoms in total. The van der Waals surface area contributed by atoms with Crippen molar-refractivity contribution in [2.24, 2.45) is 5.73 Å². The summed E-state index contributed by atoms with van der Waals surface area (Å²) in [5.41, 5.74) is 9.55. The monoisotopic (exact) mass is 308 g/mol. The number of nitrogens with two attached hydrogens (primary N) is 1. The van der Waals surface area contributed by atoms with Gasteiger partial charge in [-0.15, -0.1) is 0 Å². The molecule has 4 heteroatoms. The van der Waals surface area contributed by atoms with E-state index in [1.807, 2.05) is 59.3 Å². The van der Waals surface area contributed by atoms with Gasteiger partial charge in [0, 0.05) is 12.4 Å². The van der Waals surface area contributed by atoms with E-state index in [-0.39, 0.29) is 12.3 Å². The summed E-state index contributed by atoms with van der Waals surface area (Å²) in [6.07, 6.45) is 5.09. The molecule has 0 saturated heterocycles. The standard InChI is InChI=1S/C19H20N2O2/c1-2-15-12-21-10-6-9-17(19(21)16(15)11-18(20)22)23-13-14-7-4-3-5-8-14/h3-10,12H,2,11,13H2,1H3,(H2,20,22). The van der Waals surface area contributed by atoms with Crippen molar-refractivity contribution in [3.63, 3.8) is 0 Å². The molecule has 0 unspecified atom stereocenters. The molecular formula is C19H20N2O2. The number of nitrogens with zero attached hydrogens (tertiary/aromatic N) is 1. The minimum absolute atomic E-state index is 0.228. The van der Waals surface area contributed by atoms with Gasteiger partial charge in [-0.1, -0.05) is 37.3 Å². The number of amides is 1. The van der Waals surface area contributed by atoms with Gasteiger partial charge in [-0.3, -0.25) is 4.79 Å². The van der Waals surface area contributed by atoms with E-state index in [2.05, 4.69) is 6.92 Å². The second-order valence-electron chi connectivity index (χ2n) is 5.53. The van der Waals surface area contributed by atoms with Gasteiger partial charge in [-0.05, 0) is 35.2 Å². The molecule has 1 amide bonds. The molecule has 0 radical (unpaired) electrons. The molecular weight excluding hydrogens is 288 g/mol. The lowest BCUT2D eigenvalue weighted by Gasteiger charge is -2.10. The van der Waals surface area contributed by atoms with E-state index < -0.39 is 0 Å². The molecule has 0 fully saturated rings. The molecule has 0 aliphatic heterocycles. The maximum atomic E-state index is 11.4. The number of ether oxygens (including phenoxy) is 1. The van der Waals surface area contributed by atoms with Crippen LogP contribution in [0, 0.1) is 0 Å². The predicted molar refractivity (Wildman–Crippen MR) is 90.4 cm³/mol. The third-order valence-corrected chi connectivity index (χ3v) is 3.92. The van der Waals surface area contributed by atoms with Gasteiger partial charge in [-0.25, -0.2) is 0 Å². The minimum Gasteiger partial charge on any atom is -0.487 e. The Morgan fingerprint density at radius 2 is 1.96 bits per heavy atom. The van der Waals surface area contributed by atoms with Crippen LogP contribution in [0.25, 0.3) is 5.52 Å². The zero-order valence-electron chi connectivity index (χ0n) is 13.2. The lowest BCUT2D eigenvalue weighted by molar-refractivity contribution is -0.117. The highest BCUT2D eigenvalue weighted by atomic mass is 16.5. The fourth-order valence-corrected chi connectivity index (χ4v) is 2.84. The van der Waals surface area contributed by atoms with Crippen LogP contribution in [0.4, 0.5) is 0 Å². The van der Waals surface area contributed by atoms with Crippen LogP contribution in [0.15, 0.2) is 54.9 Å². The number of carbonyl (C=O) groups is 1. The number of carbonyl (C=O) groups excluding carboxylic acids is 1. The van der Waals surface area contributed by atoms with Crippen molar-refractivity contribution < 1.29 is 9.53 Å². The van der Waals surface area contributed by atoms with Crippen LogP contribution >= 0.6 is 0 Å². The number of hydrogen-bond acceptors (Lipinski definition) is 2. The molecule has 2 aromatic heterocycles. The van der Waals surface area contributed by atoms with E-state index in [0.717, 1.165) is 34.4 Å². The van der Waals surface area contributed by atoms with E-state index in [1.54, 1.807) is 0 Å². The molecule has 3 rings (SSSR count). The zero-order chi connectivity index (χ0) is 16.2. The molecule has 0 aliphatic rings. The van der Waals surface area contributed by atoms with Gasteiger partial charge in [0.15, 0.2) is 0 Å². The third kappa shape index (κ3) is 3.21. The Labute approximate surface area is 135 Å². The van der Waals surface area contributed by atoms with Crippen LogP contribution in [-0.2, 0) is 24.2 Å². The average Bonchev–Trinajstić information content (AvgIpc) is 2.91. The molecule has 0 spiro atoms. The van der Waals surface area contributed by atoms with E-state index in [9.17, 15) is 4.79 Å². The van der Waals surface area contributed by atoms with Crippen LogP contribution in [0.5, 0.6) is 5.75 Å². The smallest absolute Gasteiger partial charge is 0.221 e. The summed E-state index contributed by atoms with van der Waals surface area (Å²) in [6.45, 7) is 2.56. The predicted octanol–water partition coefficient (Wildman–Crippen LogP) is 3.11. The highest BCUT2D eigenvalue weighted by Crippen LogP contribution is 2.29. The van der Waals surface area contributed by atoms with E-state index >= 15 is 0 Å². The van der Waals surface area contributed by atoms with Crippen LogP contribution in [-0.4, -0.2) is 10.3 Å². The Kier molecular flexibility index (Phi) is 4.33. The summed E-state index contributed by atoms with van der Waals surface area (Å²) in [5.74, 6) is 0.443. The van der Waals surface area contributed by atoms with Crippen molar-refractivity contribution in [2.75, 3.05) is 0 Å². The third-order valence-electron chi connectivity index (χ3n) is 3.92. The lowest BCUT2D eigenvalue weighted by atomic mass is 10.1. The normalized spacial score (nSPS) is 10.8. The number of aryl methyl sites for hydroxylation is 1. The topological polar surface area (TPSA) is 56.7 Å². The number of rotatable bonds is 6. The number of fused-ring (bicyclic) bond motifs is 1. The highest BCUT2D eigenvalue weighted by molar-refractivity contribution is 5.82. The first-order valence-electron chi connectivity index (χ1n) is 7.75. The van der Waals surface area contributed by atoms with Gasteiger partial charge < -0.3 is 14.9 Å². The largest absolute Gasteiger partial charge is 0.487 e. The second kappa shape index (κ2) is 6.57. The second-order valence-corrected chi connectivity index (χ2v) is 5.53. The quantitative estimate of drug-likeness (QED) is 0.760. The number of primary amides is 1. The van der Waals surface area contributed by atoms with Crippen molar-refractivity contribution in [2.45, 2.75) is 26.4 Å². The Hall–Kier alpha value is -2.75. The summed E-state index contributed by atoms with van der Waals surface area (Å²) in [6, 6.07) is 13.9. The summed E-state index contributed by atoms with van der Waals surface area (Å²) in [5, 5.41) is 0. The van der Waals surface area contributed by atoms with Crippen molar-refractivity contribution in [3.8, 4) is 5.75 Å². The molecule has 0 saturated carbocycles. The number of hydrogen-bond donors (Lipinski definition) is 1. The molecule has 0 atom stereocenters. The molecule has 0 bridgehead atoms. The maximum absolute atomic E-state index is 11.4. The first kappa shape index (κ1) is 15.2. The molecule has 2 heterocycles. The van der Waals surface area contributed by atoms with Crippen LogP contribution in [0.1, 0.15) is 23.6 Å². The number of benzene rings is 1. The Balaban J connectivity index is 1.99. The minimum atomic E-state index is -0.328. The van der Waals surface area contributed by atoms with Crippen molar-refractivity contribution >= 4 is 11.4 Å². The maximum Gasteiger partial charge on any atom is 0.221 e. The molecule has 1 aromatic carbocycles. The highest BCUT2D eigenvalue weighted by Gasteiger charge is 2.15. The van der Waals surface area contributed by atoms with Gasteiger partial charge in [-0.2, -0.15) is 0 Å². The zero-order valence-corrected chi connectivity index (χ0v) is 13.2. The summed E-state index contributed by atoms with van der Waals surface area (Å²) in [4.78, 5) is 11.4. The SMILES string of the molecule is CCc1cn2cccc(OCc3ccccc3)c2c1CC(N)=O. The first-order chi connectivity index (χ1) is 11.2. The van der Waals surface area contributed by atoms with E-state index in [0.29, 0.717) is 6.61 Å². The summed E-state index contributed by atoms with van der Waals surface area (Å²) in [7, 11) is 0. The molecule has 3 aromatic rings. The van der Waals surface area contributed by atoms with Crippen LogP contribution in [0.2, 0.25) is 0 Å². The number of pyridine rings is 1. The van der Waals surface area contributed by atoms with Crippen molar-refractivity contribution in [1.82, 2.24) is 4.40 Å². The Morgan fingerprint density at radius 3 is 2.65 bits per heavy atom. The van der Waals surface area contributed by atoms with Gasteiger partial charge in [0.2, 0.25) is 5.91 Å². The first-order valence-corrected chi connectivity index (χ1v) is 7.75. The molecule has 118 valence electrons. The Morgan fingerprint density at radius 1 is 1.17 bits per heavy atom. The average molecular weight is 308 g/mol. The number of aromatic nitrogens is 1. The van der Waals surface area contributed by atoms with Gasteiger partial charge in [0.05, 0.1) is 11.9 Å². The van der Waals surface area contributed by atoms with Crippen LogP contribution in [0.3, 0.4) is 0 Å². The van der Waals surface area contributed by atoms with Gasteiger partial charge in [0.1, 0.15) is 12.4 Å². The van der Waals surface area contributed by atoms with Gasteiger partial charge in [0.25, 0.3) is 0 Å². The Bertz CT molecular complexity index is 822. The lowest BCUT2D eigenvalue weighted by Crippen LogP contribution is -2.14. The molecule has 0 aliphatic carbocycles. The fraction of sp³-hybridized carbons (Fsp3) is 0.211. The molecule has 2 N–H and O–H groups in total. The van der Waals surface area contributed by atoms with E-state index in [4.69, 9.17) is 10.5 Å². The van der Waals surface area contributed by atoms with Crippen molar-refractivity contribution in [3.05, 3.63) is 71.5 Å². The van der Waals surface area contributed by atoms with Gasteiger partial charge >= 0.3 is 0 Å². The fourth-order valence-electron chi connectivity index (χ4n) is 2.84. The molecule has 23 heavy (non-hydrogen) atoms.